The van der Waals surface area contributed by atoms with E-state index in [4.69, 9.17) is 4.74 Å². The molecule has 0 saturated heterocycles. The fraction of sp³-hybridized carbons (Fsp3) is 0.667. The van der Waals surface area contributed by atoms with Gasteiger partial charge in [-0.2, -0.15) is 11.8 Å². The third kappa shape index (κ3) is 7.77. The summed E-state index contributed by atoms with van der Waals surface area (Å²) in [5.41, 5.74) is 1.32. The van der Waals surface area contributed by atoms with E-state index in [1.807, 2.05) is 17.8 Å². The van der Waals surface area contributed by atoms with Crippen molar-refractivity contribution >= 4 is 11.8 Å². The van der Waals surface area contributed by atoms with E-state index in [9.17, 15) is 0 Å². The molecule has 0 aliphatic rings. The summed E-state index contributed by atoms with van der Waals surface area (Å²) in [7, 11) is 0. The van der Waals surface area contributed by atoms with E-state index in [1.165, 1.54) is 5.56 Å². The Kier molecular flexibility index (Phi) is 7.61. The topological polar surface area (TPSA) is 21.3 Å². The lowest BCUT2D eigenvalue weighted by Crippen LogP contribution is -2.26. The zero-order valence-corrected chi connectivity index (χ0v) is 15.2. The minimum absolute atomic E-state index is 0.214. The van der Waals surface area contributed by atoms with Gasteiger partial charge in [0.05, 0.1) is 6.10 Å². The molecule has 2 nitrogen and oxygen atoms in total. The second-order valence-electron chi connectivity index (χ2n) is 6.67. The molecule has 3 heteroatoms. The molecule has 1 aromatic rings. The molecule has 0 aromatic heterocycles. The number of ether oxygens (including phenoxy) is 1. The third-order valence-electron chi connectivity index (χ3n) is 2.96. The van der Waals surface area contributed by atoms with Crippen molar-refractivity contribution in [1.29, 1.82) is 0 Å². The predicted octanol–water partition coefficient (Wildman–Crippen LogP) is 5.05. The SMILES string of the molecule is CCCNC(CSC(C)(C)C)c1cccc(OC(C)C)c1. The van der Waals surface area contributed by atoms with Crippen molar-refractivity contribution < 1.29 is 4.74 Å². The zero-order valence-electron chi connectivity index (χ0n) is 14.4. The van der Waals surface area contributed by atoms with Crippen LogP contribution in [0, 0.1) is 0 Å². The molecule has 1 rings (SSSR count). The molecule has 0 aliphatic carbocycles. The Labute approximate surface area is 135 Å². The second-order valence-corrected chi connectivity index (χ2v) is 8.52. The number of hydrogen-bond donors (Lipinski definition) is 1. The van der Waals surface area contributed by atoms with E-state index >= 15 is 0 Å². The molecule has 0 aliphatic heterocycles. The quantitative estimate of drug-likeness (QED) is 0.726. The predicted molar refractivity (Wildman–Crippen MR) is 95.5 cm³/mol. The van der Waals surface area contributed by atoms with Crippen molar-refractivity contribution in [2.24, 2.45) is 0 Å². The summed E-state index contributed by atoms with van der Waals surface area (Å²) >= 11 is 2.00. The fourth-order valence-corrected chi connectivity index (χ4v) is 2.98. The first-order valence-electron chi connectivity index (χ1n) is 7.95. The Morgan fingerprint density at radius 2 is 1.95 bits per heavy atom. The van der Waals surface area contributed by atoms with E-state index in [0.717, 1.165) is 24.5 Å². The molecule has 0 fully saturated rings. The summed E-state index contributed by atoms with van der Waals surface area (Å²) in [6.45, 7) is 14.2. The largest absolute Gasteiger partial charge is 0.491 e. The lowest BCUT2D eigenvalue weighted by molar-refractivity contribution is 0.242. The number of nitrogens with one attached hydrogen (secondary N) is 1. The van der Waals surface area contributed by atoms with Crippen molar-refractivity contribution in [3.8, 4) is 5.75 Å². The standard InChI is InChI=1S/C18H31NOS/c1-7-11-19-17(13-21-18(4,5)6)15-9-8-10-16(12-15)20-14(2)3/h8-10,12,14,17,19H,7,11,13H2,1-6H3. The number of rotatable bonds is 8. The summed E-state index contributed by atoms with van der Waals surface area (Å²) in [4.78, 5) is 0. The van der Waals surface area contributed by atoms with Gasteiger partial charge in [0.15, 0.2) is 0 Å². The average molecular weight is 310 g/mol. The first-order valence-corrected chi connectivity index (χ1v) is 8.94. The summed E-state index contributed by atoms with van der Waals surface area (Å²) in [5, 5.41) is 3.66. The van der Waals surface area contributed by atoms with E-state index < -0.39 is 0 Å². The fourth-order valence-electron chi connectivity index (χ4n) is 2.00. The van der Waals surface area contributed by atoms with Gasteiger partial charge in [0.25, 0.3) is 0 Å². The first kappa shape index (κ1) is 18.4. The summed E-state index contributed by atoms with van der Waals surface area (Å²) in [5.74, 6) is 2.04. The molecule has 0 saturated carbocycles. The molecule has 0 radical (unpaired) electrons. The first-order chi connectivity index (χ1) is 9.81. The van der Waals surface area contributed by atoms with Crippen molar-refractivity contribution in [1.82, 2.24) is 5.32 Å². The van der Waals surface area contributed by atoms with E-state index in [-0.39, 0.29) is 10.9 Å². The van der Waals surface area contributed by atoms with Gasteiger partial charge >= 0.3 is 0 Å². The summed E-state index contributed by atoms with van der Waals surface area (Å²) < 4.78 is 6.11. The van der Waals surface area contributed by atoms with Gasteiger partial charge in [-0.15, -0.1) is 0 Å². The monoisotopic (exact) mass is 309 g/mol. The maximum absolute atomic E-state index is 5.82. The van der Waals surface area contributed by atoms with Gasteiger partial charge in [-0.05, 0) is 44.5 Å². The number of thioether (sulfide) groups is 1. The van der Waals surface area contributed by atoms with Crippen molar-refractivity contribution in [3.63, 3.8) is 0 Å². The van der Waals surface area contributed by atoms with Gasteiger partial charge in [0.1, 0.15) is 5.75 Å². The molecule has 1 N–H and O–H groups in total. The highest BCUT2D eigenvalue weighted by Gasteiger charge is 2.17. The van der Waals surface area contributed by atoms with Crippen LogP contribution >= 0.6 is 11.8 Å². The van der Waals surface area contributed by atoms with Crippen LogP contribution in [0.5, 0.6) is 5.75 Å². The van der Waals surface area contributed by atoms with Crippen molar-refractivity contribution in [3.05, 3.63) is 29.8 Å². The van der Waals surface area contributed by atoms with Gasteiger partial charge in [0, 0.05) is 16.5 Å². The van der Waals surface area contributed by atoms with Crippen molar-refractivity contribution in [2.75, 3.05) is 12.3 Å². The second kappa shape index (κ2) is 8.70. The van der Waals surface area contributed by atoms with E-state index in [1.54, 1.807) is 0 Å². The van der Waals surface area contributed by atoms with Gasteiger partial charge in [-0.25, -0.2) is 0 Å². The van der Waals surface area contributed by atoms with Crippen LogP contribution in [0.2, 0.25) is 0 Å². The van der Waals surface area contributed by atoms with Crippen LogP contribution in [0.1, 0.15) is 59.6 Å². The van der Waals surface area contributed by atoms with Crippen LogP contribution in [-0.2, 0) is 0 Å². The molecule has 0 bridgehead atoms. The van der Waals surface area contributed by atoms with Crippen LogP contribution < -0.4 is 10.1 Å². The van der Waals surface area contributed by atoms with Crippen LogP contribution in [0.15, 0.2) is 24.3 Å². The van der Waals surface area contributed by atoms with E-state index in [0.29, 0.717) is 6.04 Å². The minimum atomic E-state index is 0.214. The minimum Gasteiger partial charge on any atom is -0.491 e. The molecule has 21 heavy (non-hydrogen) atoms. The smallest absolute Gasteiger partial charge is 0.120 e. The maximum Gasteiger partial charge on any atom is 0.120 e. The highest BCUT2D eigenvalue weighted by atomic mass is 32.2. The molecule has 120 valence electrons. The average Bonchev–Trinajstić information content (AvgIpc) is 2.37. The highest BCUT2D eigenvalue weighted by molar-refractivity contribution is 8.00. The number of benzene rings is 1. The molecule has 1 aromatic carbocycles. The lowest BCUT2D eigenvalue weighted by atomic mass is 10.1. The van der Waals surface area contributed by atoms with Crippen LogP contribution in [0.25, 0.3) is 0 Å². The Hall–Kier alpha value is -0.670. The van der Waals surface area contributed by atoms with Crippen LogP contribution in [-0.4, -0.2) is 23.1 Å². The summed E-state index contributed by atoms with van der Waals surface area (Å²) in [6.07, 6.45) is 1.37. The molecular weight excluding hydrogens is 278 g/mol. The Morgan fingerprint density at radius 3 is 2.52 bits per heavy atom. The maximum atomic E-state index is 5.82. The third-order valence-corrected chi connectivity index (χ3v) is 4.32. The van der Waals surface area contributed by atoms with E-state index in [2.05, 4.69) is 65.1 Å². The lowest BCUT2D eigenvalue weighted by Gasteiger charge is -2.24. The Bertz CT molecular complexity index is 412. The normalized spacial score (nSPS) is 13.5. The molecule has 1 atom stereocenters. The summed E-state index contributed by atoms with van der Waals surface area (Å²) in [6, 6.07) is 8.89. The van der Waals surface area contributed by atoms with Crippen LogP contribution in [0.3, 0.4) is 0 Å². The van der Waals surface area contributed by atoms with Gasteiger partial charge < -0.3 is 10.1 Å². The number of hydrogen-bond acceptors (Lipinski definition) is 3. The molecular formula is C18H31NOS. The van der Waals surface area contributed by atoms with Crippen LogP contribution in [0.4, 0.5) is 0 Å². The molecule has 0 heterocycles. The molecule has 1 unspecified atom stereocenters. The van der Waals surface area contributed by atoms with Gasteiger partial charge in [0.2, 0.25) is 0 Å². The molecule has 0 amide bonds. The Morgan fingerprint density at radius 1 is 1.24 bits per heavy atom. The highest BCUT2D eigenvalue weighted by Crippen LogP contribution is 2.29. The van der Waals surface area contributed by atoms with Gasteiger partial charge in [-0.3, -0.25) is 0 Å². The van der Waals surface area contributed by atoms with Crippen molar-refractivity contribution in [2.45, 2.75) is 64.9 Å². The van der Waals surface area contributed by atoms with Gasteiger partial charge in [-0.1, -0.05) is 39.8 Å². The Balaban J connectivity index is 2.81. The molecule has 0 spiro atoms. The zero-order chi connectivity index (χ0) is 15.9.